The summed E-state index contributed by atoms with van der Waals surface area (Å²) in [5, 5.41) is 13.8. The van der Waals surface area contributed by atoms with Crippen LogP contribution >= 0.6 is 0 Å². The molecule has 1 saturated heterocycles. The monoisotopic (exact) mass is 305 g/mol. The van der Waals surface area contributed by atoms with Gasteiger partial charge in [-0.3, -0.25) is 0 Å². The summed E-state index contributed by atoms with van der Waals surface area (Å²) in [6.45, 7) is 4.66. The molecule has 120 valence electrons. The highest BCUT2D eigenvalue weighted by atomic mass is 16.5. The lowest BCUT2D eigenvalue weighted by Crippen LogP contribution is -2.57. The van der Waals surface area contributed by atoms with E-state index in [1.54, 1.807) is 4.90 Å². The van der Waals surface area contributed by atoms with Crippen LogP contribution in [-0.2, 0) is 16.0 Å². The Bertz CT molecular complexity index is 510. The summed E-state index contributed by atoms with van der Waals surface area (Å²) in [7, 11) is 0. The van der Waals surface area contributed by atoms with E-state index in [1.807, 2.05) is 44.2 Å². The molecule has 6 heteroatoms. The number of carboxylic acids is 1. The van der Waals surface area contributed by atoms with Crippen molar-refractivity contribution in [2.75, 3.05) is 13.1 Å². The summed E-state index contributed by atoms with van der Waals surface area (Å²) in [5.74, 6) is -1.29. The molecule has 1 aromatic rings. The van der Waals surface area contributed by atoms with Crippen LogP contribution in [0.25, 0.3) is 0 Å². The minimum Gasteiger partial charge on any atom is -0.548 e. The van der Waals surface area contributed by atoms with Gasteiger partial charge < -0.3 is 24.9 Å². The standard InChI is InChI=1S/C16H22N2O4/c1-11-9-18(10-12(2)22-11)16(21)17-14(15(19)20)8-13-6-4-3-5-7-13/h3-7,11-12,14H,8-10H2,1-2H3,(H,17,21)(H,19,20)/p-1/t11-,12+,14-/m0/s1. The first kappa shape index (κ1) is 16.3. The van der Waals surface area contributed by atoms with Crippen molar-refractivity contribution in [2.24, 2.45) is 0 Å². The van der Waals surface area contributed by atoms with E-state index in [1.165, 1.54) is 0 Å². The van der Waals surface area contributed by atoms with E-state index in [4.69, 9.17) is 4.74 Å². The highest BCUT2D eigenvalue weighted by Crippen LogP contribution is 2.11. The molecule has 1 aliphatic heterocycles. The van der Waals surface area contributed by atoms with Crippen molar-refractivity contribution in [3.63, 3.8) is 0 Å². The van der Waals surface area contributed by atoms with Gasteiger partial charge in [-0.2, -0.15) is 0 Å². The third kappa shape index (κ3) is 4.46. The second kappa shape index (κ2) is 7.26. The van der Waals surface area contributed by atoms with Gasteiger partial charge in [0.25, 0.3) is 0 Å². The van der Waals surface area contributed by atoms with Gasteiger partial charge in [0.05, 0.1) is 24.2 Å². The number of urea groups is 1. The number of aliphatic carboxylic acids is 1. The largest absolute Gasteiger partial charge is 0.548 e. The Morgan fingerprint density at radius 3 is 2.41 bits per heavy atom. The van der Waals surface area contributed by atoms with Crippen LogP contribution in [-0.4, -0.2) is 48.2 Å². The van der Waals surface area contributed by atoms with Crippen molar-refractivity contribution in [2.45, 2.75) is 38.5 Å². The molecule has 22 heavy (non-hydrogen) atoms. The summed E-state index contributed by atoms with van der Waals surface area (Å²) in [6.07, 6.45) is 0.0692. The molecule has 1 aliphatic rings. The lowest BCUT2D eigenvalue weighted by Gasteiger charge is -2.36. The third-order valence-corrected chi connectivity index (χ3v) is 3.57. The molecule has 0 radical (unpaired) electrons. The van der Waals surface area contributed by atoms with E-state index in [-0.39, 0.29) is 18.6 Å². The summed E-state index contributed by atoms with van der Waals surface area (Å²) in [5.41, 5.74) is 0.834. The smallest absolute Gasteiger partial charge is 0.318 e. The van der Waals surface area contributed by atoms with Crippen LogP contribution in [0.5, 0.6) is 0 Å². The Hall–Kier alpha value is -2.08. The second-order valence-corrected chi connectivity index (χ2v) is 5.67. The molecule has 1 aromatic carbocycles. The molecular weight excluding hydrogens is 284 g/mol. The molecule has 1 heterocycles. The zero-order valence-corrected chi connectivity index (χ0v) is 12.8. The Morgan fingerprint density at radius 2 is 1.86 bits per heavy atom. The number of hydrogen-bond donors (Lipinski definition) is 1. The van der Waals surface area contributed by atoms with Gasteiger partial charge in [-0.25, -0.2) is 4.79 Å². The number of ether oxygens (including phenoxy) is 1. The number of morpholine rings is 1. The lowest BCUT2D eigenvalue weighted by atomic mass is 10.1. The van der Waals surface area contributed by atoms with Crippen LogP contribution in [0.1, 0.15) is 19.4 Å². The number of amides is 2. The van der Waals surface area contributed by atoms with Crippen molar-refractivity contribution in [1.82, 2.24) is 10.2 Å². The van der Waals surface area contributed by atoms with Crippen molar-refractivity contribution < 1.29 is 19.4 Å². The number of hydrogen-bond acceptors (Lipinski definition) is 4. The summed E-state index contributed by atoms with van der Waals surface area (Å²) in [6, 6.07) is 7.70. The fourth-order valence-electron chi connectivity index (χ4n) is 2.63. The molecule has 1 fully saturated rings. The van der Waals surface area contributed by atoms with Gasteiger partial charge in [0.1, 0.15) is 0 Å². The minimum atomic E-state index is -1.29. The van der Waals surface area contributed by atoms with Crippen molar-refractivity contribution in [3.8, 4) is 0 Å². The van der Waals surface area contributed by atoms with Crippen LogP contribution in [0.3, 0.4) is 0 Å². The third-order valence-electron chi connectivity index (χ3n) is 3.57. The minimum absolute atomic E-state index is 0.0648. The van der Waals surface area contributed by atoms with Gasteiger partial charge in [-0.05, 0) is 25.8 Å². The van der Waals surface area contributed by atoms with E-state index in [9.17, 15) is 14.7 Å². The Balaban J connectivity index is 1.98. The van der Waals surface area contributed by atoms with Gasteiger partial charge in [0, 0.05) is 13.1 Å². The summed E-state index contributed by atoms with van der Waals surface area (Å²) in [4.78, 5) is 25.1. The molecule has 1 N–H and O–H groups in total. The molecule has 0 aromatic heterocycles. The maximum absolute atomic E-state index is 12.3. The number of carbonyl (C=O) groups is 2. The van der Waals surface area contributed by atoms with Gasteiger partial charge in [0.2, 0.25) is 0 Å². The highest BCUT2D eigenvalue weighted by Gasteiger charge is 2.27. The fourth-order valence-corrected chi connectivity index (χ4v) is 2.63. The lowest BCUT2D eigenvalue weighted by molar-refractivity contribution is -0.308. The molecule has 0 unspecified atom stereocenters. The van der Waals surface area contributed by atoms with Gasteiger partial charge in [0.15, 0.2) is 0 Å². The highest BCUT2D eigenvalue weighted by molar-refractivity contribution is 5.82. The first-order valence-corrected chi connectivity index (χ1v) is 7.41. The molecule has 2 rings (SSSR count). The molecule has 0 bridgehead atoms. The topological polar surface area (TPSA) is 81.7 Å². The fraction of sp³-hybridized carbons (Fsp3) is 0.500. The van der Waals surface area contributed by atoms with Crippen molar-refractivity contribution in [3.05, 3.63) is 35.9 Å². The number of nitrogens with zero attached hydrogens (tertiary/aromatic N) is 1. The SMILES string of the molecule is C[C@@H]1CN(C(=O)N[C@@H](Cc2ccccc2)C(=O)[O-])C[C@H](C)O1. The van der Waals surface area contributed by atoms with E-state index in [0.29, 0.717) is 13.1 Å². The quantitative estimate of drug-likeness (QED) is 0.859. The molecule has 0 saturated carbocycles. The molecular formula is C16H21N2O4-. The molecule has 6 nitrogen and oxygen atoms in total. The summed E-state index contributed by atoms with van der Waals surface area (Å²) >= 11 is 0. The Labute approximate surface area is 130 Å². The number of rotatable bonds is 4. The number of carbonyl (C=O) groups excluding carboxylic acids is 2. The van der Waals surface area contributed by atoms with Crippen LogP contribution in [0.2, 0.25) is 0 Å². The van der Waals surface area contributed by atoms with Crippen LogP contribution in [0.4, 0.5) is 4.79 Å². The molecule has 0 spiro atoms. The predicted octanol–water partition coefficient (Wildman–Crippen LogP) is 0.166. The first-order chi connectivity index (χ1) is 10.5. The van der Waals surface area contributed by atoms with E-state index >= 15 is 0 Å². The first-order valence-electron chi connectivity index (χ1n) is 7.41. The van der Waals surface area contributed by atoms with Crippen LogP contribution in [0.15, 0.2) is 30.3 Å². The number of benzene rings is 1. The van der Waals surface area contributed by atoms with Gasteiger partial charge >= 0.3 is 6.03 Å². The average molecular weight is 305 g/mol. The Morgan fingerprint density at radius 1 is 1.27 bits per heavy atom. The van der Waals surface area contributed by atoms with Crippen LogP contribution < -0.4 is 10.4 Å². The predicted molar refractivity (Wildman–Crippen MR) is 79.1 cm³/mol. The zero-order chi connectivity index (χ0) is 16.1. The zero-order valence-electron chi connectivity index (χ0n) is 12.8. The van der Waals surface area contributed by atoms with Gasteiger partial charge in [-0.15, -0.1) is 0 Å². The van der Waals surface area contributed by atoms with Crippen LogP contribution in [0, 0.1) is 0 Å². The van der Waals surface area contributed by atoms with Crippen molar-refractivity contribution in [1.29, 1.82) is 0 Å². The number of nitrogens with one attached hydrogen (secondary N) is 1. The van der Waals surface area contributed by atoms with E-state index in [2.05, 4.69) is 5.32 Å². The second-order valence-electron chi connectivity index (χ2n) is 5.67. The van der Waals surface area contributed by atoms with E-state index in [0.717, 1.165) is 5.56 Å². The maximum Gasteiger partial charge on any atom is 0.318 e. The average Bonchev–Trinajstić information content (AvgIpc) is 2.46. The Kier molecular flexibility index (Phi) is 5.38. The number of carboxylic acid groups (broad SMARTS) is 1. The summed E-state index contributed by atoms with van der Waals surface area (Å²) < 4.78 is 5.56. The molecule has 0 aliphatic carbocycles. The molecule has 3 atom stereocenters. The normalized spacial score (nSPS) is 22.9. The van der Waals surface area contributed by atoms with E-state index < -0.39 is 18.0 Å². The maximum atomic E-state index is 12.3. The van der Waals surface area contributed by atoms with Crippen molar-refractivity contribution >= 4 is 12.0 Å². The molecule has 2 amide bonds. The van der Waals surface area contributed by atoms with Gasteiger partial charge in [-0.1, -0.05) is 30.3 Å².